The number of amidine groups is 1. The summed E-state index contributed by atoms with van der Waals surface area (Å²) < 4.78 is 5.07. The van der Waals surface area contributed by atoms with Gasteiger partial charge in [0.25, 0.3) is 0 Å². The highest BCUT2D eigenvalue weighted by molar-refractivity contribution is 8.01. The minimum Gasteiger partial charge on any atom is -0.384 e. The van der Waals surface area contributed by atoms with Crippen molar-refractivity contribution in [2.45, 2.75) is 22.6 Å². The maximum atomic E-state index is 7.55. The number of aryl methyl sites for hydroxylation is 1. The van der Waals surface area contributed by atoms with Gasteiger partial charge in [-0.15, -0.1) is 0 Å². The van der Waals surface area contributed by atoms with E-state index in [2.05, 4.69) is 9.36 Å². The van der Waals surface area contributed by atoms with E-state index in [0.717, 1.165) is 21.5 Å². The Hall–Kier alpha value is -1.11. The number of benzene rings is 1. The summed E-state index contributed by atoms with van der Waals surface area (Å²) in [7, 11) is 0. The van der Waals surface area contributed by atoms with Gasteiger partial charge < -0.3 is 5.73 Å². The van der Waals surface area contributed by atoms with Gasteiger partial charge in [-0.05, 0) is 29.7 Å². The molecule has 1 aromatic heterocycles. The number of nitrogens with one attached hydrogen (secondary N) is 1. The number of nitrogens with zero attached hydrogens (tertiary/aromatic N) is 2. The van der Waals surface area contributed by atoms with Crippen molar-refractivity contribution in [3.8, 4) is 0 Å². The Morgan fingerprint density at radius 1 is 1.56 bits per heavy atom. The van der Waals surface area contributed by atoms with E-state index in [9.17, 15) is 0 Å². The van der Waals surface area contributed by atoms with Crippen LogP contribution in [0.1, 0.15) is 18.3 Å². The lowest BCUT2D eigenvalue weighted by atomic mass is 10.2. The van der Waals surface area contributed by atoms with Crippen LogP contribution in [-0.2, 0) is 6.42 Å². The Morgan fingerprint density at radius 2 is 2.33 bits per heavy atom. The Morgan fingerprint density at radius 3 is 2.94 bits per heavy atom. The van der Waals surface area contributed by atoms with Crippen molar-refractivity contribution in [1.29, 1.82) is 5.41 Å². The number of nitrogens with two attached hydrogens (primary N) is 1. The number of hydrogen-bond donors (Lipinski definition) is 2. The number of nitrogen functional groups attached to an aromatic ring is 1. The van der Waals surface area contributed by atoms with Crippen molar-refractivity contribution in [3.05, 3.63) is 34.6 Å². The summed E-state index contributed by atoms with van der Waals surface area (Å²) in [5, 5.41) is 8.12. The zero-order valence-electron chi connectivity index (χ0n) is 9.61. The molecule has 4 nitrogen and oxygen atoms in total. The number of rotatable bonds is 4. The molecule has 0 aliphatic heterocycles. The minimum absolute atomic E-state index is 0.000213. The lowest BCUT2D eigenvalue weighted by Gasteiger charge is -2.06. The molecule has 1 aromatic carbocycles. The fraction of sp³-hybridized carbons (Fsp3) is 0.182. The molecular formula is C11H11ClN4S2. The van der Waals surface area contributed by atoms with Gasteiger partial charge in [0.05, 0.1) is 0 Å². The third kappa shape index (κ3) is 3.01. The molecule has 18 heavy (non-hydrogen) atoms. The van der Waals surface area contributed by atoms with Crippen LogP contribution in [0.5, 0.6) is 0 Å². The van der Waals surface area contributed by atoms with E-state index >= 15 is 0 Å². The first kappa shape index (κ1) is 13.3. The predicted octanol–water partition coefficient (Wildman–Crippen LogP) is 3.19. The Balaban J connectivity index is 2.30. The maximum Gasteiger partial charge on any atom is 0.174 e. The van der Waals surface area contributed by atoms with Crippen LogP contribution >= 0.6 is 34.9 Å². The van der Waals surface area contributed by atoms with Crippen LogP contribution in [0.15, 0.2) is 27.4 Å². The maximum absolute atomic E-state index is 7.55. The lowest BCUT2D eigenvalue weighted by Crippen LogP contribution is -2.12. The minimum atomic E-state index is 0.000213. The predicted molar refractivity (Wildman–Crippen MR) is 75.9 cm³/mol. The molecule has 0 aliphatic carbocycles. The van der Waals surface area contributed by atoms with Crippen LogP contribution < -0.4 is 5.73 Å². The summed E-state index contributed by atoms with van der Waals surface area (Å²) in [6.45, 7) is 2.01. The summed E-state index contributed by atoms with van der Waals surface area (Å²) in [5.74, 6) is 0.834. The van der Waals surface area contributed by atoms with E-state index in [-0.39, 0.29) is 5.84 Å². The second-order valence-corrected chi connectivity index (χ2v) is 5.96. The fourth-order valence-electron chi connectivity index (χ4n) is 1.32. The highest BCUT2D eigenvalue weighted by Crippen LogP contribution is 2.32. The van der Waals surface area contributed by atoms with E-state index in [1.54, 1.807) is 12.1 Å². The van der Waals surface area contributed by atoms with Crippen molar-refractivity contribution in [2.24, 2.45) is 5.73 Å². The molecule has 0 spiro atoms. The third-order valence-electron chi connectivity index (χ3n) is 2.19. The molecule has 0 bridgehead atoms. The topological polar surface area (TPSA) is 75.7 Å². The van der Waals surface area contributed by atoms with Gasteiger partial charge in [0, 0.05) is 21.9 Å². The number of aromatic nitrogens is 2. The summed E-state index contributed by atoms with van der Waals surface area (Å²) in [6, 6.07) is 5.31. The second-order valence-electron chi connectivity index (χ2n) is 3.49. The highest BCUT2D eigenvalue weighted by atomic mass is 35.5. The molecule has 7 heteroatoms. The summed E-state index contributed by atoms with van der Waals surface area (Å²) >= 11 is 8.71. The van der Waals surface area contributed by atoms with Gasteiger partial charge in [-0.3, -0.25) is 5.41 Å². The normalized spacial score (nSPS) is 10.6. The van der Waals surface area contributed by atoms with Crippen molar-refractivity contribution in [2.75, 3.05) is 0 Å². The zero-order valence-corrected chi connectivity index (χ0v) is 12.0. The van der Waals surface area contributed by atoms with Gasteiger partial charge in [0.15, 0.2) is 4.34 Å². The highest BCUT2D eigenvalue weighted by Gasteiger charge is 2.11. The van der Waals surface area contributed by atoms with E-state index in [1.165, 1.54) is 23.3 Å². The molecule has 2 aromatic rings. The lowest BCUT2D eigenvalue weighted by molar-refractivity contribution is 0.971. The molecule has 0 amide bonds. The average molecular weight is 299 g/mol. The smallest absolute Gasteiger partial charge is 0.174 e. The van der Waals surface area contributed by atoms with Gasteiger partial charge >= 0.3 is 0 Å². The molecule has 1 heterocycles. The van der Waals surface area contributed by atoms with Gasteiger partial charge in [-0.2, -0.15) is 4.37 Å². The number of halogens is 1. The first-order chi connectivity index (χ1) is 8.60. The summed E-state index contributed by atoms with van der Waals surface area (Å²) in [6.07, 6.45) is 0.817. The van der Waals surface area contributed by atoms with E-state index in [4.69, 9.17) is 22.7 Å². The van der Waals surface area contributed by atoms with Crippen molar-refractivity contribution < 1.29 is 0 Å². The molecule has 94 valence electrons. The molecule has 0 fully saturated rings. The van der Waals surface area contributed by atoms with Crippen molar-refractivity contribution in [1.82, 2.24) is 9.36 Å². The Kier molecular flexibility index (Phi) is 4.21. The summed E-state index contributed by atoms with van der Waals surface area (Å²) in [4.78, 5) is 5.24. The van der Waals surface area contributed by atoms with Crippen molar-refractivity contribution in [3.63, 3.8) is 0 Å². The second kappa shape index (κ2) is 5.69. The standard InChI is InChI=1S/C11H11ClN4S2/c1-2-9-15-11(18-16-9)17-8-4-3-6(12)5-7(8)10(13)14/h3-5H,2H2,1H3,(H3,13,14). The SMILES string of the molecule is CCc1nsc(Sc2ccc(Cl)cc2C(=N)N)n1. The molecule has 2 rings (SSSR count). The third-order valence-corrected chi connectivity index (χ3v) is 4.29. The average Bonchev–Trinajstić information content (AvgIpc) is 2.79. The van der Waals surface area contributed by atoms with Crippen LogP contribution in [0.4, 0.5) is 0 Å². The first-order valence-corrected chi connectivity index (χ1v) is 7.21. The molecular weight excluding hydrogens is 288 g/mol. The van der Waals surface area contributed by atoms with E-state index < -0.39 is 0 Å². The van der Waals surface area contributed by atoms with E-state index in [1.807, 2.05) is 13.0 Å². The quantitative estimate of drug-likeness (QED) is 0.671. The van der Waals surface area contributed by atoms with Crippen LogP contribution in [-0.4, -0.2) is 15.2 Å². The van der Waals surface area contributed by atoms with E-state index in [0.29, 0.717) is 10.6 Å². The summed E-state index contributed by atoms with van der Waals surface area (Å²) in [5.41, 5.74) is 6.17. The molecule has 0 saturated heterocycles. The fourth-order valence-corrected chi connectivity index (χ4v) is 3.27. The van der Waals surface area contributed by atoms with Crippen LogP contribution in [0.2, 0.25) is 5.02 Å². The molecule has 0 saturated carbocycles. The van der Waals surface area contributed by atoms with Crippen LogP contribution in [0.3, 0.4) is 0 Å². The molecule has 0 unspecified atom stereocenters. The van der Waals surface area contributed by atoms with Gasteiger partial charge in [0.2, 0.25) is 0 Å². The molecule has 0 radical (unpaired) electrons. The van der Waals surface area contributed by atoms with Crippen LogP contribution in [0, 0.1) is 5.41 Å². The van der Waals surface area contributed by atoms with Crippen molar-refractivity contribution >= 4 is 40.7 Å². The van der Waals surface area contributed by atoms with Gasteiger partial charge in [-0.1, -0.05) is 30.3 Å². The van der Waals surface area contributed by atoms with Gasteiger partial charge in [0.1, 0.15) is 11.7 Å². The largest absolute Gasteiger partial charge is 0.384 e. The first-order valence-electron chi connectivity index (χ1n) is 5.24. The number of hydrogen-bond acceptors (Lipinski definition) is 5. The molecule has 3 N–H and O–H groups in total. The monoisotopic (exact) mass is 298 g/mol. The zero-order chi connectivity index (χ0) is 13.1. The molecule has 0 aliphatic rings. The Bertz CT molecular complexity index is 582. The van der Waals surface area contributed by atoms with Gasteiger partial charge in [-0.25, -0.2) is 4.98 Å². The van der Waals surface area contributed by atoms with Crippen LogP contribution in [0.25, 0.3) is 0 Å². The molecule has 0 atom stereocenters. The Labute approximate surface area is 118 Å².